The lowest BCUT2D eigenvalue weighted by atomic mass is 10.6. The van der Waals surface area contributed by atoms with Gasteiger partial charge in [-0.3, -0.25) is 0 Å². The molecule has 0 saturated carbocycles. The Morgan fingerprint density at radius 2 is 1.12 bits per heavy atom. The second-order valence-corrected chi connectivity index (χ2v) is 1.03. The third-order valence-corrected chi connectivity index (χ3v) is 0.541. The van der Waals surface area contributed by atoms with Crippen LogP contribution in [0.4, 0.5) is 0 Å². The third kappa shape index (κ3) is 1.33. The predicted molar refractivity (Wildman–Crippen MR) is 31.6 cm³/mol. The van der Waals surface area contributed by atoms with Crippen molar-refractivity contribution < 1.29 is 0 Å². The van der Waals surface area contributed by atoms with Crippen molar-refractivity contribution in [3.05, 3.63) is 0 Å². The molecule has 0 radical (unpaired) electrons. The van der Waals surface area contributed by atoms with Crippen molar-refractivity contribution in [2.24, 2.45) is 33.4 Å². The Hall–Kier alpha value is -1.46. The van der Waals surface area contributed by atoms with E-state index < -0.39 is 0 Å². The van der Waals surface area contributed by atoms with Gasteiger partial charge in [0.2, 0.25) is 0 Å². The molecule has 0 aliphatic carbocycles. The fraction of sp³-hybridized carbons (Fsp3) is 0. The standard InChI is InChI=1S/C2H8N6/c3-1(7-5)2(4)8-6/h5-6H2,(H2,3,7)(H2,4,8). The Morgan fingerprint density at radius 1 is 0.875 bits per heavy atom. The lowest BCUT2D eigenvalue weighted by Gasteiger charge is -1.91. The molecule has 8 heavy (non-hydrogen) atoms. The second-order valence-electron chi connectivity index (χ2n) is 1.03. The van der Waals surface area contributed by atoms with Gasteiger partial charge in [0.25, 0.3) is 0 Å². The van der Waals surface area contributed by atoms with Crippen LogP contribution >= 0.6 is 0 Å². The van der Waals surface area contributed by atoms with Crippen LogP contribution in [0.2, 0.25) is 0 Å². The predicted octanol–water partition coefficient (Wildman–Crippen LogP) is -2.55. The average Bonchev–Trinajstić information content (AvgIpc) is 1.84. The summed E-state index contributed by atoms with van der Waals surface area (Å²) in [6, 6.07) is 0. The number of hydrogen-bond donors (Lipinski definition) is 4. The Bertz CT molecular complexity index is 106. The molecule has 0 aliphatic heterocycles. The number of hydrazone groups is 2. The van der Waals surface area contributed by atoms with Gasteiger partial charge in [0.1, 0.15) is 0 Å². The molecule has 0 saturated heterocycles. The van der Waals surface area contributed by atoms with E-state index >= 15 is 0 Å². The van der Waals surface area contributed by atoms with E-state index in [-0.39, 0.29) is 11.7 Å². The van der Waals surface area contributed by atoms with Gasteiger partial charge in [0, 0.05) is 0 Å². The van der Waals surface area contributed by atoms with Crippen LogP contribution < -0.4 is 23.2 Å². The number of amidine groups is 2. The summed E-state index contributed by atoms with van der Waals surface area (Å²) < 4.78 is 0. The minimum absolute atomic E-state index is 0.0625. The molecule has 0 amide bonds. The zero-order chi connectivity index (χ0) is 6.57. The van der Waals surface area contributed by atoms with Crippen LogP contribution in [0.5, 0.6) is 0 Å². The molecule has 46 valence electrons. The number of rotatable bonds is 0. The molecule has 0 atom stereocenters. The van der Waals surface area contributed by atoms with Gasteiger partial charge in [-0.25, -0.2) is 0 Å². The monoisotopic (exact) mass is 116 g/mol. The molecule has 0 fully saturated rings. The third-order valence-electron chi connectivity index (χ3n) is 0.541. The first-order valence-corrected chi connectivity index (χ1v) is 1.79. The number of hydrogen-bond acceptors (Lipinski definition) is 4. The second kappa shape index (κ2) is 2.67. The molecule has 6 heteroatoms. The molecular formula is C2H8N6. The highest BCUT2D eigenvalue weighted by Crippen LogP contribution is 1.60. The summed E-state index contributed by atoms with van der Waals surface area (Å²) in [5.41, 5.74) is 10.0. The zero-order valence-corrected chi connectivity index (χ0v) is 4.20. The van der Waals surface area contributed by atoms with E-state index in [1.54, 1.807) is 0 Å². The van der Waals surface area contributed by atoms with Gasteiger partial charge >= 0.3 is 0 Å². The van der Waals surface area contributed by atoms with Crippen molar-refractivity contribution in [1.82, 2.24) is 0 Å². The topological polar surface area (TPSA) is 129 Å². The summed E-state index contributed by atoms with van der Waals surface area (Å²) in [7, 11) is 0. The van der Waals surface area contributed by atoms with Gasteiger partial charge in [-0.2, -0.15) is 10.2 Å². The fourth-order valence-electron chi connectivity index (χ4n) is 0.132. The van der Waals surface area contributed by atoms with E-state index in [0.29, 0.717) is 0 Å². The molecular weight excluding hydrogens is 108 g/mol. The van der Waals surface area contributed by atoms with E-state index in [1.165, 1.54) is 0 Å². The molecule has 6 nitrogen and oxygen atoms in total. The largest absolute Gasteiger partial charge is 0.379 e. The van der Waals surface area contributed by atoms with E-state index in [4.69, 9.17) is 23.2 Å². The summed E-state index contributed by atoms with van der Waals surface area (Å²) in [5, 5.41) is 6.04. The maximum absolute atomic E-state index is 5.02. The van der Waals surface area contributed by atoms with E-state index in [0.717, 1.165) is 0 Å². The first-order valence-electron chi connectivity index (χ1n) is 1.79. The minimum Gasteiger partial charge on any atom is -0.379 e. The van der Waals surface area contributed by atoms with Gasteiger partial charge in [-0.1, -0.05) is 0 Å². The highest BCUT2D eigenvalue weighted by atomic mass is 15.2. The Kier molecular flexibility index (Phi) is 2.18. The average molecular weight is 116 g/mol. The van der Waals surface area contributed by atoms with Crippen molar-refractivity contribution in [3.8, 4) is 0 Å². The summed E-state index contributed by atoms with van der Waals surface area (Å²) in [4.78, 5) is 0. The van der Waals surface area contributed by atoms with E-state index in [2.05, 4.69) is 10.2 Å². The summed E-state index contributed by atoms with van der Waals surface area (Å²) in [6.07, 6.45) is 0. The number of nitrogens with two attached hydrogens (primary N) is 4. The van der Waals surface area contributed by atoms with Crippen molar-refractivity contribution >= 4 is 11.7 Å². The Morgan fingerprint density at radius 3 is 1.25 bits per heavy atom. The first-order chi connectivity index (χ1) is 3.72. The van der Waals surface area contributed by atoms with Gasteiger partial charge in [0.05, 0.1) is 0 Å². The molecule has 0 heterocycles. The summed E-state index contributed by atoms with van der Waals surface area (Å²) in [6.45, 7) is 0. The van der Waals surface area contributed by atoms with Crippen LogP contribution in [0.25, 0.3) is 0 Å². The van der Waals surface area contributed by atoms with Gasteiger partial charge in [0.15, 0.2) is 11.7 Å². The molecule has 0 spiro atoms. The number of nitrogens with zero attached hydrogens (tertiary/aromatic N) is 2. The Labute approximate surface area is 46.2 Å². The fourth-order valence-corrected chi connectivity index (χ4v) is 0.132. The lowest BCUT2D eigenvalue weighted by Crippen LogP contribution is -2.33. The highest BCUT2D eigenvalue weighted by Gasteiger charge is 1.93. The SMILES string of the molecule is N/N=C(N)/C(N)=N/N. The molecule has 0 rings (SSSR count). The van der Waals surface area contributed by atoms with Crippen molar-refractivity contribution in [1.29, 1.82) is 0 Å². The molecule has 0 unspecified atom stereocenters. The van der Waals surface area contributed by atoms with Crippen LogP contribution in [0.1, 0.15) is 0 Å². The van der Waals surface area contributed by atoms with Gasteiger partial charge in [-0.05, 0) is 0 Å². The highest BCUT2D eigenvalue weighted by molar-refractivity contribution is 6.39. The maximum atomic E-state index is 5.02. The lowest BCUT2D eigenvalue weighted by molar-refractivity contribution is 1.21. The van der Waals surface area contributed by atoms with Gasteiger partial charge < -0.3 is 23.2 Å². The quantitative estimate of drug-likeness (QED) is 0.120. The van der Waals surface area contributed by atoms with E-state index in [1.807, 2.05) is 0 Å². The maximum Gasteiger partial charge on any atom is 0.187 e. The van der Waals surface area contributed by atoms with Crippen molar-refractivity contribution in [3.63, 3.8) is 0 Å². The van der Waals surface area contributed by atoms with E-state index in [9.17, 15) is 0 Å². The van der Waals surface area contributed by atoms with Crippen molar-refractivity contribution in [2.45, 2.75) is 0 Å². The molecule has 0 aromatic rings. The molecule has 0 aromatic carbocycles. The summed E-state index contributed by atoms with van der Waals surface area (Å²) in [5.74, 6) is 9.27. The normalized spacial score (nSPS) is 14.0. The summed E-state index contributed by atoms with van der Waals surface area (Å²) >= 11 is 0. The zero-order valence-electron chi connectivity index (χ0n) is 4.20. The van der Waals surface area contributed by atoms with Crippen LogP contribution in [-0.2, 0) is 0 Å². The van der Waals surface area contributed by atoms with Crippen LogP contribution in [0.15, 0.2) is 10.2 Å². The first kappa shape index (κ1) is 6.54. The van der Waals surface area contributed by atoms with Crippen molar-refractivity contribution in [2.75, 3.05) is 0 Å². The molecule has 0 aliphatic rings. The van der Waals surface area contributed by atoms with Crippen LogP contribution in [0.3, 0.4) is 0 Å². The van der Waals surface area contributed by atoms with Crippen LogP contribution in [-0.4, -0.2) is 11.7 Å². The van der Waals surface area contributed by atoms with Crippen LogP contribution in [0, 0.1) is 0 Å². The Balaban J connectivity index is 4.04. The minimum atomic E-state index is -0.0625. The molecule has 0 aromatic heterocycles. The van der Waals surface area contributed by atoms with Gasteiger partial charge in [-0.15, -0.1) is 0 Å². The molecule has 0 bridgehead atoms. The smallest absolute Gasteiger partial charge is 0.187 e. The molecule has 8 N–H and O–H groups in total.